The Morgan fingerprint density at radius 1 is 0.929 bits per heavy atom. The van der Waals surface area contributed by atoms with Crippen molar-refractivity contribution in [1.82, 2.24) is 5.06 Å². The Bertz CT molecular complexity index is 402. The molecule has 0 aliphatic carbocycles. The van der Waals surface area contributed by atoms with E-state index < -0.39 is 24.1 Å². The summed E-state index contributed by atoms with van der Waals surface area (Å²) < 4.78 is 15.5. The van der Waals surface area contributed by atoms with E-state index in [4.69, 9.17) is 24.4 Å². The van der Waals surface area contributed by atoms with E-state index in [0.717, 1.165) is 0 Å². The summed E-state index contributed by atoms with van der Waals surface area (Å²) in [5, 5.41) is 17.8. The number of nitrogens with zero attached hydrogens (tertiary/aromatic N) is 1. The monoisotopic (exact) mass is 413 g/mol. The van der Waals surface area contributed by atoms with E-state index in [2.05, 4.69) is 4.84 Å². The smallest absolute Gasteiger partial charge is 0.430 e. The van der Waals surface area contributed by atoms with Gasteiger partial charge in [-0.1, -0.05) is 34.8 Å². The number of ether oxygens (including phenoxy) is 3. The van der Waals surface area contributed by atoms with Gasteiger partial charge in [0, 0.05) is 39.3 Å². The minimum absolute atomic E-state index is 0. The molecular formula is C18H39NO9. The average Bonchev–Trinajstić information content (AvgIpc) is 2.88. The van der Waals surface area contributed by atoms with Crippen LogP contribution in [0, 0.1) is 0 Å². The van der Waals surface area contributed by atoms with Gasteiger partial charge >= 0.3 is 6.16 Å². The van der Waals surface area contributed by atoms with Gasteiger partial charge in [0.2, 0.25) is 0 Å². The zero-order valence-electron chi connectivity index (χ0n) is 13.3. The lowest BCUT2D eigenvalue weighted by Gasteiger charge is -2.18. The Kier molecular flexibility index (Phi) is 24.1. The highest BCUT2D eigenvalue weighted by Gasteiger charge is 2.33. The SMILES string of the molecule is C.C.C.C.O=C(OCC(COCCCO)OCCCO)ON1C(=O)CCC1=O. The third-order valence-corrected chi connectivity index (χ3v) is 2.97. The third-order valence-electron chi connectivity index (χ3n) is 2.97. The van der Waals surface area contributed by atoms with Gasteiger partial charge in [-0.05, 0) is 12.8 Å². The molecule has 0 aromatic rings. The van der Waals surface area contributed by atoms with Gasteiger partial charge in [-0.3, -0.25) is 14.4 Å². The summed E-state index contributed by atoms with van der Waals surface area (Å²) in [6, 6.07) is 0. The summed E-state index contributed by atoms with van der Waals surface area (Å²) >= 11 is 0. The first-order valence-electron chi connectivity index (χ1n) is 7.70. The molecule has 0 aromatic carbocycles. The van der Waals surface area contributed by atoms with Crippen LogP contribution in [-0.2, 0) is 28.6 Å². The van der Waals surface area contributed by atoms with Gasteiger partial charge < -0.3 is 24.4 Å². The minimum Gasteiger partial charge on any atom is -0.430 e. The van der Waals surface area contributed by atoms with Gasteiger partial charge in [0.25, 0.3) is 11.8 Å². The predicted molar refractivity (Wildman–Crippen MR) is 104 cm³/mol. The van der Waals surface area contributed by atoms with Crippen LogP contribution in [0.3, 0.4) is 0 Å². The Morgan fingerprint density at radius 3 is 2.00 bits per heavy atom. The second-order valence-electron chi connectivity index (χ2n) is 4.96. The molecule has 2 N–H and O–H groups in total. The Morgan fingerprint density at radius 2 is 1.46 bits per heavy atom. The van der Waals surface area contributed by atoms with Gasteiger partial charge in [0.05, 0.1) is 6.61 Å². The number of imide groups is 1. The van der Waals surface area contributed by atoms with Gasteiger partial charge in [-0.2, -0.15) is 0 Å². The summed E-state index contributed by atoms with van der Waals surface area (Å²) in [7, 11) is 0. The highest BCUT2D eigenvalue weighted by atomic mass is 16.8. The van der Waals surface area contributed by atoms with Crippen molar-refractivity contribution in [2.75, 3.05) is 39.6 Å². The molecule has 1 aliphatic rings. The lowest BCUT2D eigenvalue weighted by Crippen LogP contribution is -2.34. The fraction of sp³-hybridized carbons (Fsp3) is 0.833. The molecule has 0 bridgehead atoms. The summed E-state index contributed by atoms with van der Waals surface area (Å²) in [6.07, 6.45) is -0.924. The number of carbonyl (C=O) groups is 3. The fourth-order valence-corrected chi connectivity index (χ4v) is 1.76. The van der Waals surface area contributed by atoms with Crippen molar-refractivity contribution in [1.29, 1.82) is 0 Å². The average molecular weight is 414 g/mol. The summed E-state index contributed by atoms with van der Waals surface area (Å²) in [5.74, 6) is -1.19. The van der Waals surface area contributed by atoms with Crippen LogP contribution in [0.1, 0.15) is 55.4 Å². The van der Waals surface area contributed by atoms with Gasteiger partial charge in [0.15, 0.2) is 0 Å². The highest BCUT2D eigenvalue weighted by molar-refractivity contribution is 6.01. The van der Waals surface area contributed by atoms with Crippen molar-refractivity contribution in [3.05, 3.63) is 0 Å². The highest BCUT2D eigenvalue weighted by Crippen LogP contribution is 2.12. The number of rotatable bonds is 12. The first kappa shape index (κ1) is 33.8. The molecule has 0 aromatic heterocycles. The summed E-state index contributed by atoms with van der Waals surface area (Å²) in [6.45, 7) is 0.417. The quantitative estimate of drug-likeness (QED) is 0.280. The van der Waals surface area contributed by atoms with Gasteiger partial charge in [-0.25, -0.2) is 4.79 Å². The minimum atomic E-state index is -1.19. The summed E-state index contributed by atoms with van der Waals surface area (Å²) in [4.78, 5) is 38.7. The third kappa shape index (κ3) is 13.4. The van der Waals surface area contributed by atoms with E-state index in [-0.39, 0.29) is 75.6 Å². The first-order valence-corrected chi connectivity index (χ1v) is 7.70. The lowest BCUT2D eigenvalue weighted by molar-refractivity contribution is -0.178. The molecule has 1 fully saturated rings. The number of aliphatic hydroxyl groups is 2. The Balaban J connectivity index is -0.000000720. The van der Waals surface area contributed by atoms with E-state index in [1.165, 1.54) is 0 Å². The van der Waals surface area contributed by atoms with Crippen molar-refractivity contribution in [3.63, 3.8) is 0 Å². The molecule has 1 atom stereocenters. The zero-order valence-corrected chi connectivity index (χ0v) is 13.3. The second kappa shape index (κ2) is 20.0. The van der Waals surface area contributed by atoms with Crippen molar-refractivity contribution in [3.8, 4) is 0 Å². The number of aliphatic hydroxyl groups excluding tert-OH is 2. The fourth-order valence-electron chi connectivity index (χ4n) is 1.76. The molecular weight excluding hydrogens is 374 g/mol. The molecule has 0 spiro atoms. The van der Waals surface area contributed by atoms with Crippen LogP contribution in [0.2, 0.25) is 0 Å². The van der Waals surface area contributed by atoms with Crippen molar-refractivity contribution < 1.29 is 43.6 Å². The molecule has 1 saturated heterocycles. The molecule has 1 unspecified atom stereocenters. The largest absolute Gasteiger partial charge is 0.534 e. The molecule has 28 heavy (non-hydrogen) atoms. The van der Waals surface area contributed by atoms with E-state index in [0.29, 0.717) is 24.5 Å². The van der Waals surface area contributed by atoms with Crippen LogP contribution < -0.4 is 0 Å². The molecule has 1 aliphatic heterocycles. The van der Waals surface area contributed by atoms with Crippen molar-refractivity contribution >= 4 is 18.0 Å². The molecule has 0 saturated carbocycles. The maximum Gasteiger partial charge on any atom is 0.534 e. The van der Waals surface area contributed by atoms with Crippen LogP contribution >= 0.6 is 0 Å². The Labute approximate surface area is 168 Å². The van der Waals surface area contributed by atoms with Crippen LogP contribution in [0.15, 0.2) is 0 Å². The first-order chi connectivity index (χ1) is 11.6. The van der Waals surface area contributed by atoms with E-state index in [9.17, 15) is 14.4 Å². The van der Waals surface area contributed by atoms with Crippen LogP contribution in [0.5, 0.6) is 0 Å². The van der Waals surface area contributed by atoms with E-state index in [1.54, 1.807) is 0 Å². The maximum atomic E-state index is 11.5. The number of hydrogen-bond donors (Lipinski definition) is 2. The number of carbonyl (C=O) groups excluding carboxylic acids is 3. The van der Waals surface area contributed by atoms with Crippen LogP contribution in [0.25, 0.3) is 0 Å². The van der Waals surface area contributed by atoms with E-state index >= 15 is 0 Å². The molecule has 2 amide bonds. The summed E-state index contributed by atoms with van der Waals surface area (Å²) in [5.41, 5.74) is 0. The van der Waals surface area contributed by atoms with E-state index in [1.807, 2.05) is 0 Å². The second-order valence-corrected chi connectivity index (χ2v) is 4.96. The number of hydroxylamine groups is 2. The molecule has 0 radical (unpaired) electrons. The molecule has 10 nitrogen and oxygen atoms in total. The number of amides is 2. The molecule has 10 heteroatoms. The molecule has 1 heterocycles. The maximum absolute atomic E-state index is 11.5. The lowest BCUT2D eigenvalue weighted by atomic mass is 10.4. The van der Waals surface area contributed by atoms with Gasteiger partial charge in [-0.15, -0.1) is 0 Å². The van der Waals surface area contributed by atoms with Crippen LogP contribution in [-0.4, -0.2) is 79.0 Å². The van der Waals surface area contributed by atoms with Crippen LogP contribution in [0.4, 0.5) is 4.79 Å². The Hall–Kier alpha value is -1.75. The standard InChI is InChI=1S/C14H23NO9.4CH4/c16-5-1-7-21-9-11(22-8-2-6-17)10-23-14(20)24-15-12(18)3-4-13(15)19;;;;/h11,16-17H,1-10H2;4*1H4. The molecule has 170 valence electrons. The normalized spacial score (nSPS) is 13.4. The predicted octanol–water partition coefficient (Wildman–Crippen LogP) is 1.91. The van der Waals surface area contributed by atoms with Gasteiger partial charge in [0.1, 0.15) is 12.7 Å². The van der Waals surface area contributed by atoms with Crippen molar-refractivity contribution in [2.45, 2.75) is 61.5 Å². The molecule has 1 rings (SSSR count). The number of hydrogen-bond acceptors (Lipinski definition) is 9. The zero-order chi connectivity index (χ0) is 17.8. The topological polar surface area (TPSA) is 132 Å². The van der Waals surface area contributed by atoms with Crippen molar-refractivity contribution in [2.24, 2.45) is 0 Å².